The molecule has 0 aliphatic rings. The molecule has 0 saturated carbocycles. The fraction of sp³-hybridized carbons (Fsp3) is 0.267. The van der Waals surface area contributed by atoms with Gasteiger partial charge in [-0.2, -0.15) is 23.4 Å². The zero-order chi connectivity index (χ0) is 30.8. The first-order valence-corrected chi connectivity index (χ1v) is 12.6. The molecule has 3 aromatic rings. The van der Waals surface area contributed by atoms with Crippen LogP contribution in [0.5, 0.6) is 11.5 Å². The van der Waals surface area contributed by atoms with Gasteiger partial charge in [-0.3, -0.25) is 0 Å². The van der Waals surface area contributed by atoms with Crippen LogP contribution in [-0.4, -0.2) is 51.5 Å². The Labute approximate surface area is 241 Å². The summed E-state index contributed by atoms with van der Waals surface area (Å²) in [5, 5.41) is 12.6. The molecule has 0 aliphatic carbocycles. The number of hydrogen-bond donors (Lipinski definition) is 0. The van der Waals surface area contributed by atoms with Crippen LogP contribution in [-0.2, 0) is 35.8 Å². The van der Waals surface area contributed by atoms with Crippen LogP contribution in [0.4, 0.5) is 13.2 Å². The zero-order valence-electron chi connectivity index (χ0n) is 23.6. The number of rotatable bonds is 12. The van der Waals surface area contributed by atoms with Gasteiger partial charge in [-0.15, -0.1) is 0 Å². The summed E-state index contributed by atoms with van der Waals surface area (Å²) < 4.78 is 59.8. The minimum atomic E-state index is -4.43. The van der Waals surface area contributed by atoms with Gasteiger partial charge in [0.15, 0.2) is 0 Å². The molecule has 0 atom stereocenters. The molecule has 0 fully saturated rings. The van der Waals surface area contributed by atoms with E-state index in [1.807, 2.05) is 0 Å². The van der Waals surface area contributed by atoms with Gasteiger partial charge in [0.05, 0.1) is 24.6 Å². The Hall–Kier alpha value is -4.55. The van der Waals surface area contributed by atoms with Crippen molar-refractivity contribution in [3.05, 3.63) is 95.1 Å². The SMILES string of the molecule is CCON=C(C(C)=NN=Cc1ccccc1C(OC)(OC)C(=O)OC)c1ccc(Oc2ccc(C(F)(F)F)cc2)cc1. The average Bonchev–Trinajstić information content (AvgIpc) is 2.99. The lowest BCUT2D eigenvalue weighted by Gasteiger charge is -2.29. The fourth-order valence-corrected chi connectivity index (χ4v) is 3.83. The number of nitrogens with zero attached hydrogens (tertiary/aromatic N) is 3. The molecule has 0 amide bonds. The number of hydrogen-bond acceptors (Lipinski definition) is 9. The molecule has 0 bridgehead atoms. The Morgan fingerprint density at radius 2 is 1.48 bits per heavy atom. The maximum atomic E-state index is 12.8. The van der Waals surface area contributed by atoms with Gasteiger partial charge in [0.1, 0.15) is 23.8 Å². The molecule has 0 N–H and O–H groups in total. The number of methoxy groups -OCH3 is 3. The Morgan fingerprint density at radius 1 is 0.881 bits per heavy atom. The summed E-state index contributed by atoms with van der Waals surface area (Å²) in [6.07, 6.45) is -2.99. The molecular formula is C30H30F3N3O6. The van der Waals surface area contributed by atoms with Crippen molar-refractivity contribution in [2.45, 2.75) is 25.8 Å². The van der Waals surface area contributed by atoms with E-state index in [1.54, 1.807) is 62.4 Å². The van der Waals surface area contributed by atoms with Crippen LogP contribution >= 0.6 is 0 Å². The minimum absolute atomic E-state index is 0.254. The zero-order valence-corrected chi connectivity index (χ0v) is 23.6. The largest absolute Gasteiger partial charge is 0.465 e. The Morgan fingerprint density at radius 3 is 2.02 bits per heavy atom. The first-order chi connectivity index (χ1) is 20.1. The lowest BCUT2D eigenvalue weighted by Crippen LogP contribution is -2.41. The number of alkyl halides is 3. The molecule has 12 heteroatoms. The van der Waals surface area contributed by atoms with E-state index in [-0.39, 0.29) is 5.75 Å². The van der Waals surface area contributed by atoms with Crippen molar-refractivity contribution in [2.24, 2.45) is 15.4 Å². The van der Waals surface area contributed by atoms with Crippen molar-refractivity contribution >= 4 is 23.6 Å². The van der Waals surface area contributed by atoms with Gasteiger partial charge in [0.25, 0.3) is 5.79 Å². The average molecular weight is 586 g/mol. The molecule has 9 nitrogen and oxygen atoms in total. The molecule has 222 valence electrons. The highest BCUT2D eigenvalue weighted by Crippen LogP contribution is 2.32. The van der Waals surface area contributed by atoms with Crippen LogP contribution < -0.4 is 4.74 Å². The number of benzene rings is 3. The second kappa shape index (κ2) is 14.4. The van der Waals surface area contributed by atoms with Crippen LogP contribution in [0.15, 0.2) is 88.2 Å². The highest BCUT2D eigenvalue weighted by Gasteiger charge is 2.44. The highest BCUT2D eigenvalue weighted by atomic mass is 19.4. The van der Waals surface area contributed by atoms with Crippen LogP contribution in [0.3, 0.4) is 0 Å². The number of halogens is 3. The van der Waals surface area contributed by atoms with E-state index in [0.29, 0.717) is 40.5 Å². The van der Waals surface area contributed by atoms with Crippen molar-refractivity contribution in [2.75, 3.05) is 27.9 Å². The van der Waals surface area contributed by atoms with Gasteiger partial charge in [-0.25, -0.2) is 4.79 Å². The monoisotopic (exact) mass is 585 g/mol. The second-order valence-electron chi connectivity index (χ2n) is 8.54. The topological polar surface area (TPSA) is 100 Å². The smallest absolute Gasteiger partial charge is 0.416 e. The summed E-state index contributed by atoms with van der Waals surface area (Å²) in [6, 6.07) is 17.9. The van der Waals surface area contributed by atoms with Crippen molar-refractivity contribution in [1.82, 2.24) is 0 Å². The van der Waals surface area contributed by atoms with E-state index < -0.39 is 23.5 Å². The molecule has 0 aliphatic heterocycles. The van der Waals surface area contributed by atoms with Gasteiger partial charge in [-0.1, -0.05) is 29.4 Å². The Balaban J connectivity index is 1.84. The summed E-state index contributed by atoms with van der Waals surface area (Å²) >= 11 is 0. The number of ether oxygens (including phenoxy) is 4. The van der Waals surface area contributed by atoms with Crippen molar-refractivity contribution in [3.8, 4) is 11.5 Å². The van der Waals surface area contributed by atoms with E-state index >= 15 is 0 Å². The highest BCUT2D eigenvalue weighted by molar-refractivity contribution is 6.47. The van der Waals surface area contributed by atoms with Crippen molar-refractivity contribution < 1.29 is 41.8 Å². The van der Waals surface area contributed by atoms with Crippen LogP contribution in [0.1, 0.15) is 36.1 Å². The molecule has 0 spiro atoms. The van der Waals surface area contributed by atoms with E-state index in [4.69, 9.17) is 23.8 Å². The van der Waals surface area contributed by atoms with Crippen LogP contribution in [0.2, 0.25) is 0 Å². The first kappa shape index (κ1) is 32.0. The van der Waals surface area contributed by atoms with Gasteiger partial charge in [0, 0.05) is 30.9 Å². The third kappa shape index (κ3) is 7.59. The lowest BCUT2D eigenvalue weighted by molar-refractivity contribution is -0.233. The molecular weight excluding hydrogens is 555 g/mol. The van der Waals surface area contributed by atoms with Gasteiger partial charge in [-0.05, 0) is 62.4 Å². The normalized spacial score (nSPS) is 12.9. The molecule has 0 heterocycles. The van der Waals surface area contributed by atoms with Crippen LogP contribution in [0.25, 0.3) is 0 Å². The van der Waals surface area contributed by atoms with Gasteiger partial charge < -0.3 is 23.8 Å². The molecule has 42 heavy (non-hydrogen) atoms. The molecule has 3 aromatic carbocycles. The molecule has 0 radical (unpaired) electrons. The predicted molar refractivity (Wildman–Crippen MR) is 151 cm³/mol. The van der Waals surface area contributed by atoms with E-state index in [9.17, 15) is 18.0 Å². The number of oxime groups is 1. The number of carbonyl (C=O) groups is 1. The molecule has 0 aromatic heterocycles. The standard InChI is InChI=1S/C30H30F3N3O6/c1-6-41-36-27(21-11-15-24(16-12-21)42-25-17-13-23(14-18-25)30(31,32)33)20(2)35-34-19-22-9-7-8-10-26(22)29(39-4,40-5)28(37)38-3/h7-19H,6H2,1-5H3. The molecule has 3 rings (SSSR count). The summed E-state index contributed by atoms with van der Waals surface area (Å²) in [5.41, 5.74) is 1.53. The minimum Gasteiger partial charge on any atom is -0.465 e. The number of carbonyl (C=O) groups excluding carboxylic acids is 1. The molecule has 0 saturated heterocycles. The maximum Gasteiger partial charge on any atom is 0.416 e. The van der Waals surface area contributed by atoms with E-state index in [0.717, 1.165) is 12.1 Å². The van der Waals surface area contributed by atoms with Gasteiger partial charge >= 0.3 is 12.1 Å². The van der Waals surface area contributed by atoms with Gasteiger partial charge in [0.2, 0.25) is 0 Å². The first-order valence-electron chi connectivity index (χ1n) is 12.6. The van der Waals surface area contributed by atoms with Crippen molar-refractivity contribution in [3.63, 3.8) is 0 Å². The summed E-state index contributed by atoms with van der Waals surface area (Å²) in [6.45, 7) is 3.78. The van der Waals surface area contributed by atoms with E-state index in [2.05, 4.69) is 15.4 Å². The number of esters is 1. The maximum absolute atomic E-state index is 12.8. The third-order valence-corrected chi connectivity index (χ3v) is 5.92. The van der Waals surface area contributed by atoms with E-state index in [1.165, 1.54) is 39.7 Å². The quantitative estimate of drug-likeness (QED) is 0.106. The summed E-state index contributed by atoms with van der Waals surface area (Å²) in [7, 11) is 3.88. The summed E-state index contributed by atoms with van der Waals surface area (Å²) in [4.78, 5) is 17.8. The molecule has 0 unspecified atom stereocenters. The Kier molecular flexibility index (Phi) is 10.9. The lowest BCUT2D eigenvalue weighted by atomic mass is 9.99. The Bertz CT molecular complexity index is 1430. The second-order valence-corrected chi connectivity index (χ2v) is 8.54. The van der Waals surface area contributed by atoms with Crippen molar-refractivity contribution in [1.29, 1.82) is 0 Å². The summed E-state index contributed by atoms with van der Waals surface area (Å²) in [5.74, 6) is -1.89. The third-order valence-electron chi connectivity index (χ3n) is 5.92. The fourth-order valence-electron chi connectivity index (χ4n) is 3.83. The predicted octanol–water partition coefficient (Wildman–Crippen LogP) is 6.35. The van der Waals surface area contributed by atoms with Crippen LogP contribution in [0, 0.1) is 0 Å².